The summed E-state index contributed by atoms with van der Waals surface area (Å²) in [5, 5.41) is 0. The number of likely N-dealkylation sites (tertiary alicyclic amines) is 2. The van der Waals surface area contributed by atoms with Crippen molar-refractivity contribution in [3.05, 3.63) is 29.8 Å². The fourth-order valence-electron chi connectivity index (χ4n) is 3.62. The zero-order valence-electron chi connectivity index (χ0n) is 14.2. The van der Waals surface area contributed by atoms with E-state index in [0.717, 1.165) is 43.1 Å². The zero-order chi connectivity index (χ0) is 15.4. The Bertz CT molecular complexity index is 495. The molecule has 4 nitrogen and oxygen atoms in total. The molecule has 0 unspecified atom stereocenters. The lowest BCUT2D eigenvalue weighted by Crippen LogP contribution is -2.41. The van der Waals surface area contributed by atoms with Crippen LogP contribution in [0.3, 0.4) is 0 Å². The molecule has 2 aliphatic heterocycles. The number of nitrogens with two attached hydrogens (primary N) is 1. The molecule has 2 heterocycles. The Kier molecular flexibility index (Phi) is 8.88. The smallest absolute Gasteiger partial charge is 0.226 e. The third-order valence-corrected chi connectivity index (χ3v) is 5.02. The first-order valence-electron chi connectivity index (χ1n) is 8.55. The van der Waals surface area contributed by atoms with E-state index in [2.05, 4.69) is 4.90 Å². The van der Waals surface area contributed by atoms with Crippen molar-refractivity contribution in [1.82, 2.24) is 9.80 Å². The lowest BCUT2D eigenvalue weighted by molar-refractivity contribution is -0.131. The van der Waals surface area contributed by atoms with Gasteiger partial charge in [0, 0.05) is 25.3 Å². The molecule has 0 bridgehead atoms. The number of anilines is 1. The molecule has 2 N–H and O–H groups in total. The van der Waals surface area contributed by atoms with E-state index < -0.39 is 0 Å². The number of halogens is 2. The van der Waals surface area contributed by atoms with Crippen LogP contribution in [0.25, 0.3) is 0 Å². The molecule has 0 saturated carbocycles. The van der Waals surface area contributed by atoms with Gasteiger partial charge in [0.25, 0.3) is 0 Å². The van der Waals surface area contributed by atoms with E-state index in [-0.39, 0.29) is 30.7 Å². The number of carbonyl (C=O) groups excluding carboxylic acids is 1. The summed E-state index contributed by atoms with van der Waals surface area (Å²) in [4.78, 5) is 17.0. The molecule has 0 aliphatic carbocycles. The van der Waals surface area contributed by atoms with Crippen LogP contribution in [0.1, 0.15) is 31.2 Å². The summed E-state index contributed by atoms with van der Waals surface area (Å²) in [7, 11) is 0. The lowest BCUT2D eigenvalue weighted by Gasteiger charge is -2.34. The van der Waals surface area contributed by atoms with E-state index in [1.807, 2.05) is 29.2 Å². The van der Waals surface area contributed by atoms with E-state index in [1.165, 1.54) is 32.5 Å². The summed E-state index contributed by atoms with van der Waals surface area (Å²) < 4.78 is 0. The Morgan fingerprint density at radius 1 is 1.00 bits per heavy atom. The van der Waals surface area contributed by atoms with Gasteiger partial charge in [-0.2, -0.15) is 0 Å². The van der Waals surface area contributed by atoms with Crippen molar-refractivity contribution in [3.8, 4) is 0 Å². The van der Waals surface area contributed by atoms with Gasteiger partial charge >= 0.3 is 0 Å². The Hall–Kier alpha value is -0.970. The number of carbonyl (C=O) groups is 1. The third kappa shape index (κ3) is 5.83. The summed E-state index contributed by atoms with van der Waals surface area (Å²) in [5.41, 5.74) is 7.49. The number of benzene rings is 1. The van der Waals surface area contributed by atoms with Crippen molar-refractivity contribution in [3.63, 3.8) is 0 Å². The monoisotopic (exact) mass is 373 g/mol. The third-order valence-electron chi connectivity index (χ3n) is 5.02. The number of nitrogens with zero attached hydrogens (tertiary/aromatic N) is 2. The predicted octanol–water partition coefficient (Wildman–Crippen LogP) is 2.99. The molecule has 24 heavy (non-hydrogen) atoms. The van der Waals surface area contributed by atoms with E-state index in [0.29, 0.717) is 6.42 Å². The molecule has 3 rings (SSSR count). The van der Waals surface area contributed by atoms with Gasteiger partial charge in [0.05, 0.1) is 6.42 Å². The SMILES string of the molecule is Cl.Cl.Nc1ccc(CC(=O)N2CCC(CN3CCCC3)CC2)cc1. The summed E-state index contributed by atoms with van der Waals surface area (Å²) in [6, 6.07) is 7.64. The average Bonchev–Trinajstić information content (AvgIpc) is 3.03. The maximum Gasteiger partial charge on any atom is 0.226 e. The minimum atomic E-state index is 0. The summed E-state index contributed by atoms with van der Waals surface area (Å²) >= 11 is 0. The normalized spacial score (nSPS) is 18.8. The van der Waals surface area contributed by atoms with Crippen LogP contribution in [-0.2, 0) is 11.2 Å². The van der Waals surface area contributed by atoms with Crippen molar-refractivity contribution in [2.24, 2.45) is 5.92 Å². The van der Waals surface area contributed by atoms with Crippen molar-refractivity contribution in [2.45, 2.75) is 32.1 Å². The first-order valence-corrected chi connectivity index (χ1v) is 8.55. The maximum absolute atomic E-state index is 12.4. The Balaban J connectivity index is 0.00000144. The zero-order valence-corrected chi connectivity index (χ0v) is 15.8. The van der Waals surface area contributed by atoms with Gasteiger partial charge in [-0.15, -0.1) is 24.8 Å². The van der Waals surface area contributed by atoms with E-state index in [1.54, 1.807) is 0 Å². The standard InChI is InChI=1S/C18H27N3O.2ClH/c19-17-5-3-15(4-6-17)13-18(22)21-11-7-16(8-12-21)14-20-9-1-2-10-20;;/h3-6,16H,1-2,7-14,19H2;2*1H. The molecule has 1 aromatic carbocycles. The van der Waals surface area contributed by atoms with Crippen LogP contribution in [0.2, 0.25) is 0 Å². The van der Waals surface area contributed by atoms with Crippen molar-refractivity contribution < 1.29 is 4.79 Å². The molecule has 0 spiro atoms. The largest absolute Gasteiger partial charge is 0.399 e. The van der Waals surface area contributed by atoms with E-state index in [4.69, 9.17) is 5.73 Å². The second-order valence-corrected chi connectivity index (χ2v) is 6.75. The highest BCUT2D eigenvalue weighted by atomic mass is 35.5. The number of hydrogen-bond acceptors (Lipinski definition) is 3. The molecule has 2 aliphatic rings. The van der Waals surface area contributed by atoms with Crippen molar-refractivity contribution in [1.29, 1.82) is 0 Å². The van der Waals surface area contributed by atoms with Crippen molar-refractivity contribution >= 4 is 36.4 Å². The molecule has 0 aromatic heterocycles. The quantitative estimate of drug-likeness (QED) is 0.825. The average molecular weight is 374 g/mol. The summed E-state index contributed by atoms with van der Waals surface area (Å²) in [6.45, 7) is 5.63. The molecule has 136 valence electrons. The van der Waals surface area contributed by atoms with Crippen LogP contribution in [0, 0.1) is 5.92 Å². The van der Waals surface area contributed by atoms with Gasteiger partial charge in [-0.25, -0.2) is 0 Å². The molecular formula is C18H29Cl2N3O. The first-order chi connectivity index (χ1) is 10.7. The Morgan fingerprint density at radius 2 is 1.58 bits per heavy atom. The predicted molar refractivity (Wildman–Crippen MR) is 104 cm³/mol. The number of amides is 1. The van der Waals surface area contributed by atoms with Gasteiger partial charge in [0.1, 0.15) is 0 Å². The number of nitrogen functional groups attached to an aromatic ring is 1. The topological polar surface area (TPSA) is 49.6 Å². The summed E-state index contributed by atoms with van der Waals surface area (Å²) in [5.74, 6) is 1.03. The number of piperidine rings is 1. The Labute approximate surface area is 157 Å². The lowest BCUT2D eigenvalue weighted by atomic mass is 9.96. The molecule has 2 fully saturated rings. The highest BCUT2D eigenvalue weighted by Gasteiger charge is 2.25. The van der Waals surface area contributed by atoms with Gasteiger partial charge < -0.3 is 15.5 Å². The van der Waals surface area contributed by atoms with E-state index >= 15 is 0 Å². The second-order valence-electron chi connectivity index (χ2n) is 6.75. The maximum atomic E-state index is 12.4. The van der Waals surface area contributed by atoms with Crippen LogP contribution in [0.5, 0.6) is 0 Å². The van der Waals surface area contributed by atoms with Gasteiger partial charge in [-0.3, -0.25) is 4.79 Å². The fraction of sp³-hybridized carbons (Fsp3) is 0.611. The van der Waals surface area contributed by atoms with Crippen LogP contribution in [0.4, 0.5) is 5.69 Å². The van der Waals surface area contributed by atoms with Gasteiger partial charge in [-0.05, 0) is 62.4 Å². The molecule has 1 aromatic rings. The number of hydrogen-bond donors (Lipinski definition) is 1. The van der Waals surface area contributed by atoms with Crippen LogP contribution in [0.15, 0.2) is 24.3 Å². The molecule has 0 atom stereocenters. The number of rotatable bonds is 4. The van der Waals surface area contributed by atoms with Gasteiger partial charge in [0.15, 0.2) is 0 Å². The van der Waals surface area contributed by atoms with Crippen LogP contribution in [-0.4, -0.2) is 48.4 Å². The van der Waals surface area contributed by atoms with Crippen molar-refractivity contribution in [2.75, 3.05) is 38.5 Å². The summed E-state index contributed by atoms with van der Waals surface area (Å²) in [6.07, 6.45) is 5.53. The van der Waals surface area contributed by atoms with E-state index in [9.17, 15) is 4.79 Å². The molecule has 0 radical (unpaired) electrons. The van der Waals surface area contributed by atoms with Gasteiger partial charge in [0.2, 0.25) is 5.91 Å². The first kappa shape index (κ1) is 21.1. The molecule has 1 amide bonds. The highest BCUT2D eigenvalue weighted by Crippen LogP contribution is 2.21. The molecule has 6 heteroatoms. The molecular weight excluding hydrogens is 345 g/mol. The van der Waals surface area contributed by atoms with Crippen LogP contribution >= 0.6 is 24.8 Å². The Morgan fingerprint density at radius 3 is 2.17 bits per heavy atom. The van der Waals surface area contributed by atoms with Gasteiger partial charge in [-0.1, -0.05) is 12.1 Å². The van der Waals surface area contributed by atoms with Crippen LogP contribution < -0.4 is 5.73 Å². The minimum absolute atomic E-state index is 0. The minimum Gasteiger partial charge on any atom is -0.399 e. The highest BCUT2D eigenvalue weighted by molar-refractivity contribution is 5.85. The molecule has 2 saturated heterocycles. The fourth-order valence-corrected chi connectivity index (χ4v) is 3.62. The second kappa shape index (κ2) is 10.1.